The van der Waals surface area contributed by atoms with Crippen LogP contribution in [0.4, 0.5) is 4.39 Å². The topological polar surface area (TPSA) is 28.2 Å². The number of nitrogens with one attached hydrogen (secondary N) is 1. The van der Waals surface area contributed by atoms with Gasteiger partial charge in [-0.2, -0.15) is 0 Å². The first-order chi connectivity index (χ1) is 13.0. The van der Waals surface area contributed by atoms with E-state index in [4.69, 9.17) is 4.98 Å². The van der Waals surface area contributed by atoms with E-state index in [-0.39, 0.29) is 11.7 Å². The molecule has 0 saturated carbocycles. The molecule has 1 aromatic rings. The minimum absolute atomic E-state index is 0.179. The van der Waals surface area contributed by atoms with Crippen LogP contribution in [0.15, 0.2) is 67.1 Å². The lowest BCUT2D eigenvalue weighted by molar-refractivity contribution is 0.275. The fraction of sp³-hybridized carbons (Fsp3) is 0.348. The molecule has 4 heteroatoms. The maximum Gasteiger partial charge on any atom is 0.119 e. The summed E-state index contributed by atoms with van der Waals surface area (Å²) in [6.07, 6.45) is 5.64. The molecule has 1 fully saturated rings. The summed E-state index contributed by atoms with van der Waals surface area (Å²) >= 11 is 0. The van der Waals surface area contributed by atoms with Crippen molar-refractivity contribution in [3.8, 4) is 0 Å². The molecule has 0 atom stereocenters. The van der Waals surface area contributed by atoms with Gasteiger partial charge in [0.05, 0.1) is 17.1 Å². The van der Waals surface area contributed by atoms with E-state index in [1.807, 2.05) is 25.1 Å². The maximum atomic E-state index is 13.9. The van der Waals surface area contributed by atoms with Crippen molar-refractivity contribution in [2.24, 2.45) is 5.92 Å². The highest BCUT2D eigenvalue weighted by atomic mass is 19.1. The van der Waals surface area contributed by atoms with Gasteiger partial charge in [0, 0.05) is 26.2 Å². The molecule has 1 N–H and O–H groups in total. The molecule has 27 heavy (non-hydrogen) atoms. The third-order valence-corrected chi connectivity index (χ3v) is 5.49. The number of pyridine rings is 1. The normalized spacial score (nSPS) is 18.7. The molecule has 0 unspecified atom stereocenters. The Morgan fingerprint density at radius 1 is 1.30 bits per heavy atom. The van der Waals surface area contributed by atoms with Gasteiger partial charge in [0.15, 0.2) is 0 Å². The van der Waals surface area contributed by atoms with E-state index in [1.165, 1.54) is 5.57 Å². The smallest absolute Gasteiger partial charge is 0.119 e. The van der Waals surface area contributed by atoms with Gasteiger partial charge in [0.2, 0.25) is 0 Å². The van der Waals surface area contributed by atoms with Crippen LogP contribution in [-0.4, -0.2) is 36.1 Å². The first kappa shape index (κ1) is 19.3. The molecule has 2 aliphatic rings. The summed E-state index contributed by atoms with van der Waals surface area (Å²) in [6.45, 7) is 16.9. The highest BCUT2D eigenvalue weighted by molar-refractivity contribution is 5.68. The summed E-state index contributed by atoms with van der Waals surface area (Å²) in [7, 11) is 0. The van der Waals surface area contributed by atoms with E-state index in [0.29, 0.717) is 0 Å². The Balaban J connectivity index is 1.69. The van der Waals surface area contributed by atoms with Crippen LogP contribution in [0.5, 0.6) is 0 Å². The molecule has 0 aliphatic carbocycles. The average Bonchev–Trinajstić information content (AvgIpc) is 3.22. The second-order valence-corrected chi connectivity index (χ2v) is 7.18. The van der Waals surface area contributed by atoms with Crippen LogP contribution < -0.4 is 5.32 Å². The summed E-state index contributed by atoms with van der Waals surface area (Å²) < 4.78 is 13.9. The Morgan fingerprint density at radius 2 is 2.04 bits per heavy atom. The maximum absolute atomic E-state index is 13.9. The van der Waals surface area contributed by atoms with Crippen LogP contribution in [0.1, 0.15) is 31.2 Å². The summed E-state index contributed by atoms with van der Waals surface area (Å²) in [6, 6.07) is 6.09. The third-order valence-electron chi connectivity index (χ3n) is 5.49. The van der Waals surface area contributed by atoms with E-state index in [1.54, 1.807) is 6.08 Å². The Morgan fingerprint density at radius 3 is 2.63 bits per heavy atom. The first-order valence-corrected chi connectivity index (χ1v) is 9.50. The molecule has 3 heterocycles. The van der Waals surface area contributed by atoms with Crippen LogP contribution in [0.25, 0.3) is 11.3 Å². The molecule has 0 radical (unpaired) electrons. The Hall–Kier alpha value is -2.46. The molecule has 3 rings (SSSR count). The van der Waals surface area contributed by atoms with Crippen molar-refractivity contribution in [2.45, 2.75) is 19.8 Å². The van der Waals surface area contributed by atoms with E-state index in [0.717, 1.165) is 67.3 Å². The van der Waals surface area contributed by atoms with Gasteiger partial charge in [0.1, 0.15) is 5.83 Å². The van der Waals surface area contributed by atoms with Crippen LogP contribution in [0, 0.1) is 5.92 Å². The fourth-order valence-corrected chi connectivity index (χ4v) is 3.91. The number of likely N-dealkylation sites (tertiary alicyclic amines) is 1. The van der Waals surface area contributed by atoms with Crippen molar-refractivity contribution in [1.29, 1.82) is 0 Å². The summed E-state index contributed by atoms with van der Waals surface area (Å²) in [5.74, 6) is -0.156. The zero-order valence-electron chi connectivity index (χ0n) is 16.1. The Bertz CT molecular complexity index is 811. The number of aromatic nitrogens is 1. The number of hydrogen-bond donors (Lipinski definition) is 1. The number of piperidine rings is 1. The summed E-state index contributed by atoms with van der Waals surface area (Å²) in [4.78, 5) is 7.06. The van der Waals surface area contributed by atoms with Crippen molar-refractivity contribution < 1.29 is 4.39 Å². The van der Waals surface area contributed by atoms with E-state index < -0.39 is 0 Å². The van der Waals surface area contributed by atoms with Gasteiger partial charge in [0.25, 0.3) is 0 Å². The highest BCUT2D eigenvalue weighted by Crippen LogP contribution is 2.34. The Labute approximate surface area is 161 Å². The van der Waals surface area contributed by atoms with Gasteiger partial charge in [-0.15, -0.1) is 0 Å². The van der Waals surface area contributed by atoms with E-state index in [2.05, 4.69) is 36.0 Å². The number of rotatable bonds is 6. The van der Waals surface area contributed by atoms with Crippen LogP contribution in [-0.2, 0) is 0 Å². The van der Waals surface area contributed by atoms with Gasteiger partial charge >= 0.3 is 0 Å². The molecule has 0 aromatic carbocycles. The molecule has 1 aromatic heterocycles. The molecule has 0 amide bonds. The zero-order chi connectivity index (χ0) is 19.4. The van der Waals surface area contributed by atoms with Crippen molar-refractivity contribution >= 4 is 11.3 Å². The first-order valence-electron chi connectivity index (χ1n) is 9.50. The van der Waals surface area contributed by atoms with Crippen molar-refractivity contribution in [3.63, 3.8) is 0 Å². The predicted octanol–water partition coefficient (Wildman–Crippen LogP) is 4.74. The largest absolute Gasteiger partial charge is 0.370 e. The van der Waals surface area contributed by atoms with Crippen LogP contribution >= 0.6 is 0 Å². The number of halogens is 1. The third kappa shape index (κ3) is 4.28. The van der Waals surface area contributed by atoms with Crippen LogP contribution in [0.2, 0.25) is 0 Å². The van der Waals surface area contributed by atoms with Crippen molar-refractivity contribution in [1.82, 2.24) is 15.2 Å². The highest BCUT2D eigenvalue weighted by Gasteiger charge is 2.26. The van der Waals surface area contributed by atoms with Crippen molar-refractivity contribution in [3.05, 3.63) is 78.4 Å². The van der Waals surface area contributed by atoms with Gasteiger partial charge in [-0.1, -0.05) is 38.0 Å². The Kier molecular flexibility index (Phi) is 6.07. The molecule has 3 nitrogen and oxygen atoms in total. The molecule has 142 valence electrons. The number of nitrogens with zero attached hydrogens (tertiary/aromatic N) is 2. The van der Waals surface area contributed by atoms with Gasteiger partial charge in [-0.25, -0.2) is 9.37 Å². The minimum Gasteiger partial charge on any atom is -0.370 e. The quantitative estimate of drug-likeness (QED) is 0.738. The number of hydrogen-bond acceptors (Lipinski definition) is 3. The van der Waals surface area contributed by atoms with Crippen LogP contribution in [0.3, 0.4) is 0 Å². The minimum atomic E-state index is -0.336. The molecule has 1 saturated heterocycles. The predicted molar refractivity (Wildman–Crippen MR) is 112 cm³/mol. The van der Waals surface area contributed by atoms with Gasteiger partial charge in [-0.3, -0.25) is 0 Å². The summed E-state index contributed by atoms with van der Waals surface area (Å²) in [5, 5.41) is 3.31. The lowest BCUT2D eigenvalue weighted by atomic mass is 9.85. The lowest BCUT2D eigenvalue weighted by Crippen LogP contribution is -2.33. The molecule has 0 bridgehead atoms. The number of allylic oxidation sites excluding steroid dienone is 4. The summed E-state index contributed by atoms with van der Waals surface area (Å²) in [5.41, 5.74) is 5.69. The average molecular weight is 365 g/mol. The second-order valence-electron chi connectivity index (χ2n) is 7.18. The zero-order valence-corrected chi connectivity index (χ0v) is 16.1. The monoisotopic (exact) mass is 365 g/mol. The van der Waals surface area contributed by atoms with E-state index >= 15 is 0 Å². The van der Waals surface area contributed by atoms with Crippen molar-refractivity contribution in [2.75, 3.05) is 26.2 Å². The fourth-order valence-electron chi connectivity index (χ4n) is 3.91. The standard InChI is InChI=1S/C23H28FN3/c1-5-16(2)23(17(3)24)19-10-13-27(14-11-19)18(4)21-7-6-8-22(26-21)20-9-12-25-15-20/h5-9,19,25H,1,3-4,10-15H2,2H3/b23-16+. The molecular formula is C23H28FN3. The van der Waals surface area contributed by atoms with Gasteiger partial charge in [-0.05, 0) is 54.5 Å². The second kappa shape index (κ2) is 8.49. The van der Waals surface area contributed by atoms with E-state index in [9.17, 15) is 4.39 Å². The molecule has 0 spiro atoms. The van der Waals surface area contributed by atoms with Gasteiger partial charge < -0.3 is 10.2 Å². The lowest BCUT2D eigenvalue weighted by Gasteiger charge is -2.35. The SMILES string of the molecule is C=C/C(C)=C(\C(=C)F)C1CCN(C(=C)c2cccc(C3=CCNC3)n2)CC1. The molecule has 2 aliphatic heterocycles. The molecular weight excluding hydrogens is 337 g/mol.